The number of quaternary nitrogens is 1. The van der Waals surface area contributed by atoms with Crippen LogP contribution in [0.1, 0.15) is 114 Å². The Bertz CT molecular complexity index is 2150. The average molecular weight is 971 g/mol. The van der Waals surface area contributed by atoms with Crippen molar-refractivity contribution < 1.29 is 83.6 Å². The number of halogens is 13. The first-order valence-electron chi connectivity index (χ1n) is 19.8. The van der Waals surface area contributed by atoms with Gasteiger partial charge in [0.2, 0.25) is 0 Å². The van der Waals surface area contributed by atoms with Gasteiger partial charge in [-0.1, -0.05) is 62.3 Å². The van der Waals surface area contributed by atoms with Gasteiger partial charge in [0, 0.05) is 38.8 Å². The van der Waals surface area contributed by atoms with Gasteiger partial charge in [0.05, 0.1) is 49.6 Å². The maximum absolute atomic E-state index is 14.5. The number of hydrogen-bond acceptors (Lipinski definition) is 2. The molecule has 4 aromatic rings. The first kappa shape index (κ1) is 51.7. The van der Waals surface area contributed by atoms with Crippen LogP contribution in [0.3, 0.4) is 0 Å². The molecule has 348 valence electrons. The highest BCUT2D eigenvalue weighted by molar-refractivity contribution is 5.91. The van der Waals surface area contributed by atoms with Gasteiger partial charge in [-0.15, -0.1) is 0 Å². The number of nitrogens with zero attached hydrogens (tertiary/aromatic N) is 1. The third kappa shape index (κ3) is 10.2. The molecule has 0 saturated carbocycles. The maximum atomic E-state index is 14.5. The lowest BCUT2D eigenvalue weighted by atomic mass is 9.76. The Balaban J connectivity index is 0.00000871. The molecule has 1 atom stereocenters. The third-order valence-corrected chi connectivity index (χ3v) is 12.1. The zero-order chi connectivity index (χ0) is 47.3. The zero-order valence-electron chi connectivity index (χ0n) is 37.3. The fourth-order valence-electron chi connectivity index (χ4n) is 8.55. The Hall–Kier alpha value is -3.92. The number of alkyl halides is 12. The Labute approximate surface area is 371 Å². The number of rotatable bonds is 5. The van der Waals surface area contributed by atoms with Crippen molar-refractivity contribution in [1.82, 2.24) is 0 Å². The number of methoxy groups -OCH3 is 2. The fraction of sp³-hybridized carbons (Fsp3) is 0.489. The van der Waals surface area contributed by atoms with E-state index in [1.807, 2.05) is 27.7 Å². The monoisotopic (exact) mass is 969 g/mol. The van der Waals surface area contributed by atoms with Crippen LogP contribution in [0.5, 0.6) is 11.5 Å². The molecule has 1 aliphatic rings. The van der Waals surface area contributed by atoms with Crippen LogP contribution in [0.25, 0.3) is 33.4 Å². The van der Waals surface area contributed by atoms with Crippen LogP contribution in [-0.2, 0) is 48.6 Å². The summed E-state index contributed by atoms with van der Waals surface area (Å²) < 4.78 is 186. The number of benzene rings is 4. The van der Waals surface area contributed by atoms with E-state index in [-0.39, 0.29) is 80.4 Å². The van der Waals surface area contributed by atoms with Crippen molar-refractivity contribution in [3.8, 4) is 44.9 Å². The topological polar surface area (TPSA) is 18.5 Å². The second-order valence-electron chi connectivity index (χ2n) is 19.6. The second kappa shape index (κ2) is 16.5. The molecular formula is C47H52BrF12NO2. The van der Waals surface area contributed by atoms with Crippen molar-refractivity contribution in [3.63, 3.8) is 0 Å². The van der Waals surface area contributed by atoms with Crippen molar-refractivity contribution in [2.24, 2.45) is 5.41 Å². The minimum absolute atomic E-state index is 0. The predicted molar refractivity (Wildman–Crippen MR) is 216 cm³/mol. The van der Waals surface area contributed by atoms with E-state index >= 15 is 0 Å². The summed E-state index contributed by atoms with van der Waals surface area (Å²) in [5, 5.41) is 0. The van der Waals surface area contributed by atoms with E-state index in [1.54, 1.807) is 60.7 Å². The second-order valence-corrected chi connectivity index (χ2v) is 19.6. The Morgan fingerprint density at radius 2 is 0.746 bits per heavy atom. The lowest BCUT2D eigenvalue weighted by Crippen LogP contribution is -3.00. The van der Waals surface area contributed by atoms with E-state index in [2.05, 4.69) is 0 Å². The lowest BCUT2D eigenvalue weighted by Gasteiger charge is -2.46. The highest BCUT2D eigenvalue weighted by atomic mass is 79.9. The standard InChI is InChI=1S/C47H52F12NO2.BrH/c1-24(41(2,3)4)60(11)22-33-31(20-35(42(5,6)7)39(61-12)37(33)25-14-27(44(48,49)50)18-28(15-25)45(51,52)53)32-21-36(43(8,9)10)40(62-13)38(34(32)23-60)26-16-29(46(54,55)56)19-30(17-26)47(57,58)59;/h14-21,24H,22-23H2,1-13H3;1H/q+1;/p-1/t24-;/m0./s1. The Kier molecular flexibility index (Phi) is 13.5. The van der Waals surface area contributed by atoms with Crippen LogP contribution in [-0.4, -0.2) is 31.8 Å². The summed E-state index contributed by atoms with van der Waals surface area (Å²) in [6.45, 7) is 18.2. The van der Waals surface area contributed by atoms with E-state index in [0.29, 0.717) is 46.5 Å². The average Bonchev–Trinajstić information content (AvgIpc) is 3.23. The minimum atomic E-state index is -5.20. The van der Waals surface area contributed by atoms with E-state index in [9.17, 15) is 52.7 Å². The SMILES string of the molecule is COc1c(C(C)(C)C)cc2c(c1-c1cc(C(F)(F)F)cc(C(F)(F)F)c1)C[N+](C)([C@@H](C)C(C)(C)C)Cc1c-2cc(C(C)(C)C)c(OC)c1-c1cc(C(F)(F)F)cc(C(F)(F)F)c1.[Br-]. The normalized spacial score (nSPS) is 15.5. The summed E-state index contributed by atoms with van der Waals surface area (Å²) in [6.07, 6.45) is -20.8. The highest BCUT2D eigenvalue weighted by Gasteiger charge is 2.46. The van der Waals surface area contributed by atoms with E-state index in [4.69, 9.17) is 9.47 Å². The van der Waals surface area contributed by atoms with Gasteiger partial charge < -0.3 is 30.9 Å². The molecule has 5 rings (SSSR count). The molecule has 1 aliphatic heterocycles. The molecule has 0 N–H and O–H groups in total. The molecule has 0 aliphatic carbocycles. The molecule has 0 bridgehead atoms. The molecular weight excluding hydrogens is 918 g/mol. The largest absolute Gasteiger partial charge is 1.00 e. The van der Waals surface area contributed by atoms with E-state index in [1.165, 1.54) is 14.2 Å². The van der Waals surface area contributed by atoms with Gasteiger partial charge in [0.15, 0.2) is 0 Å². The summed E-state index contributed by atoms with van der Waals surface area (Å²) in [4.78, 5) is 0. The number of ether oxygens (including phenoxy) is 2. The third-order valence-electron chi connectivity index (χ3n) is 12.1. The number of hydrogen-bond donors (Lipinski definition) is 0. The number of fused-ring (bicyclic) bond motifs is 3. The summed E-state index contributed by atoms with van der Waals surface area (Å²) in [7, 11) is 4.33. The molecule has 63 heavy (non-hydrogen) atoms. The van der Waals surface area contributed by atoms with Crippen LogP contribution < -0.4 is 26.5 Å². The zero-order valence-corrected chi connectivity index (χ0v) is 38.9. The maximum Gasteiger partial charge on any atom is 0.416 e. The quantitative estimate of drug-likeness (QED) is 0.147. The van der Waals surface area contributed by atoms with Crippen LogP contribution >= 0.6 is 0 Å². The first-order valence-corrected chi connectivity index (χ1v) is 19.8. The van der Waals surface area contributed by atoms with Crippen molar-refractivity contribution in [2.45, 2.75) is 124 Å². The van der Waals surface area contributed by atoms with Crippen LogP contribution in [0.2, 0.25) is 0 Å². The molecule has 0 radical (unpaired) electrons. The fourth-order valence-corrected chi connectivity index (χ4v) is 8.55. The molecule has 0 aromatic heterocycles. The molecule has 0 amide bonds. The summed E-state index contributed by atoms with van der Waals surface area (Å²) >= 11 is 0. The van der Waals surface area contributed by atoms with Crippen LogP contribution in [0.15, 0.2) is 48.5 Å². The lowest BCUT2D eigenvalue weighted by molar-refractivity contribution is -0.962. The van der Waals surface area contributed by atoms with Crippen molar-refractivity contribution in [3.05, 3.63) is 93.0 Å². The minimum Gasteiger partial charge on any atom is -1.00 e. The molecule has 0 fully saturated rings. The van der Waals surface area contributed by atoms with Gasteiger partial charge in [-0.25, -0.2) is 0 Å². The van der Waals surface area contributed by atoms with Crippen molar-refractivity contribution in [1.29, 1.82) is 0 Å². The van der Waals surface area contributed by atoms with E-state index < -0.39 is 80.4 Å². The van der Waals surface area contributed by atoms with E-state index in [0.717, 1.165) is 0 Å². The van der Waals surface area contributed by atoms with Gasteiger partial charge in [0.1, 0.15) is 24.6 Å². The first-order chi connectivity index (χ1) is 27.8. The molecule has 1 heterocycles. The van der Waals surface area contributed by atoms with Gasteiger partial charge in [0.25, 0.3) is 0 Å². The van der Waals surface area contributed by atoms with Crippen molar-refractivity contribution in [2.75, 3.05) is 21.3 Å². The van der Waals surface area contributed by atoms with Crippen LogP contribution in [0.4, 0.5) is 52.7 Å². The molecule has 4 aromatic carbocycles. The van der Waals surface area contributed by atoms with Gasteiger partial charge in [-0.2, -0.15) is 52.7 Å². The Morgan fingerprint density at radius 1 is 0.476 bits per heavy atom. The predicted octanol–water partition coefficient (Wildman–Crippen LogP) is 12.3. The van der Waals surface area contributed by atoms with Gasteiger partial charge in [-0.05, 0) is 88.5 Å². The van der Waals surface area contributed by atoms with Crippen molar-refractivity contribution >= 4 is 0 Å². The van der Waals surface area contributed by atoms with Gasteiger partial charge in [-0.3, -0.25) is 0 Å². The molecule has 0 spiro atoms. The summed E-state index contributed by atoms with van der Waals surface area (Å²) in [5.41, 5.74) is -7.65. The molecule has 0 unspecified atom stereocenters. The smallest absolute Gasteiger partial charge is 0.416 e. The molecule has 3 nitrogen and oxygen atoms in total. The van der Waals surface area contributed by atoms with Gasteiger partial charge >= 0.3 is 24.7 Å². The Morgan fingerprint density at radius 3 is 0.952 bits per heavy atom. The summed E-state index contributed by atoms with van der Waals surface area (Å²) in [6, 6.07) is 5.69. The highest BCUT2D eigenvalue weighted by Crippen LogP contribution is 2.56. The van der Waals surface area contributed by atoms with Crippen LogP contribution in [0, 0.1) is 5.41 Å². The summed E-state index contributed by atoms with van der Waals surface area (Å²) in [5.74, 6) is 0.0270. The molecule has 16 heteroatoms. The molecule has 0 saturated heterocycles.